The van der Waals surface area contributed by atoms with Crippen molar-refractivity contribution in [2.45, 2.75) is 45.1 Å². The first-order valence-electron chi connectivity index (χ1n) is 7.02. The van der Waals surface area contributed by atoms with E-state index in [9.17, 15) is 4.79 Å². The Kier molecular flexibility index (Phi) is 10.6. The fourth-order valence-corrected chi connectivity index (χ4v) is 2.04. The molecule has 0 bridgehead atoms. The summed E-state index contributed by atoms with van der Waals surface area (Å²) in [5, 5.41) is 9.16. The molecule has 1 atom stereocenters. The fourth-order valence-electron chi connectivity index (χ4n) is 1.28. The Morgan fingerprint density at radius 1 is 1.35 bits per heavy atom. The minimum absolute atomic E-state index is 0.107. The van der Waals surface area contributed by atoms with Gasteiger partial charge in [-0.25, -0.2) is 4.79 Å². The molecule has 0 aliphatic carbocycles. The van der Waals surface area contributed by atoms with Gasteiger partial charge in [-0.15, -0.1) is 0 Å². The number of aliphatic hydroxyl groups is 1. The SMILES string of the molecule is CCOC(=O)/C=C/C[C@@H](CO)OCOCC[Si](C)(C)C. The number of carbonyl (C=O) groups is 1. The van der Waals surface area contributed by atoms with Crippen molar-refractivity contribution in [3.8, 4) is 0 Å². The number of aliphatic hydroxyl groups excluding tert-OH is 1. The van der Waals surface area contributed by atoms with E-state index in [-0.39, 0.29) is 25.5 Å². The lowest BCUT2D eigenvalue weighted by atomic mass is 10.2. The fraction of sp³-hybridized carbons (Fsp3) is 0.786. The van der Waals surface area contributed by atoms with Crippen LogP contribution < -0.4 is 0 Å². The number of esters is 1. The monoisotopic (exact) mass is 304 g/mol. The van der Waals surface area contributed by atoms with Crippen LogP contribution in [0.1, 0.15) is 13.3 Å². The molecule has 0 aliphatic rings. The Hall–Kier alpha value is -0.693. The molecule has 0 fully saturated rings. The molecule has 0 amide bonds. The zero-order chi connectivity index (χ0) is 15.4. The van der Waals surface area contributed by atoms with Crippen molar-refractivity contribution in [2.75, 3.05) is 26.6 Å². The maximum atomic E-state index is 11.1. The molecule has 5 nitrogen and oxygen atoms in total. The zero-order valence-electron chi connectivity index (χ0n) is 13.1. The summed E-state index contributed by atoms with van der Waals surface area (Å²) >= 11 is 0. The summed E-state index contributed by atoms with van der Waals surface area (Å²) in [5.74, 6) is -0.379. The molecule has 118 valence electrons. The van der Waals surface area contributed by atoms with Gasteiger partial charge in [0.15, 0.2) is 0 Å². The molecule has 1 N–H and O–H groups in total. The molecular formula is C14H28O5Si. The van der Waals surface area contributed by atoms with E-state index in [4.69, 9.17) is 19.3 Å². The van der Waals surface area contributed by atoms with Gasteiger partial charge >= 0.3 is 5.97 Å². The average Bonchev–Trinajstić information content (AvgIpc) is 2.35. The summed E-state index contributed by atoms with van der Waals surface area (Å²) in [6.07, 6.45) is 3.09. The standard InChI is InChI=1S/C14H28O5Si/c1-5-18-14(16)8-6-7-13(11-15)19-12-17-9-10-20(2,3)4/h6,8,13,15H,5,7,9-12H2,1-4H3/b8-6+/t13-/m0/s1. The molecule has 0 heterocycles. The molecule has 0 aliphatic heterocycles. The molecule has 0 aromatic heterocycles. The highest BCUT2D eigenvalue weighted by Crippen LogP contribution is 2.08. The molecule has 0 radical (unpaired) electrons. The van der Waals surface area contributed by atoms with E-state index in [0.717, 1.165) is 6.04 Å². The van der Waals surface area contributed by atoms with E-state index < -0.39 is 8.07 Å². The van der Waals surface area contributed by atoms with Gasteiger partial charge in [-0.2, -0.15) is 0 Å². The van der Waals surface area contributed by atoms with Crippen molar-refractivity contribution in [1.82, 2.24) is 0 Å². The van der Waals surface area contributed by atoms with Gasteiger partial charge in [0, 0.05) is 20.8 Å². The summed E-state index contributed by atoms with van der Waals surface area (Å²) in [7, 11) is -1.08. The maximum absolute atomic E-state index is 11.1. The van der Waals surface area contributed by atoms with Crippen molar-refractivity contribution in [3.05, 3.63) is 12.2 Å². The van der Waals surface area contributed by atoms with Gasteiger partial charge in [0.2, 0.25) is 0 Å². The van der Waals surface area contributed by atoms with Crippen molar-refractivity contribution in [2.24, 2.45) is 0 Å². The minimum Gasteiger partial charge on any atom is -0.463 e. The molecule has 20 heavy (non-hydrogen) atoms. The van der Waals surface area contributed by atoms with Crippen LogP contribution >= 0.6 is 0 Å². The molecule has 0 unspecified atom stereocenters. The van der Waals surface area contributed by atoms with Crippen LogP contribution in [-0.4, -0.2) is 51.9 Å². The van der Waals surface area contributed by atoms with Crippen molar-refractivity contribution < 1.29 is 24.1 Å². The van der Waals surface area contributed by atoms with Gasteiger partial charge in [-0.05, 0) is 19.4 Å². The van der Waals surface area contributed by atoms with Gasteiger partial charge in [0.1, 0.15) is 6.79 Å². The predicted molar refractivity (Wildman–Crippen MR) is 81.3 cm³/mol. The molecular weight excluding hydrogens is 276 g/mol. The van der Waals surface area contributed by atoms with Crippen molar-refractivity contribution in [1.29, 1.82) is 0 Å². The maximum Gasteiger partial charge on any atom is 0.330 e. The Labute approximate surface area is 122 Å². The zero-order valence-corrected chi connectivity index (χ0v) is 14.1. The lowest BCUT2D eigenvalue weighted by molar-refractivity contribution is -0.137. The van der Waals surface area contributed by atoms with Crippen LogP contribution in [0, 0.1) is 0 Å². The number of rotatable bonds is 11. The third kappa shape index (κ3) is 12.3. The Balaban J connectivity index is 3.74. The molecule has 0 spiro atoms. The molecule has 0 saturated carbocycles. The quantitative estimate of drug-likeness (QED) is 0.208. The predicted octanol–water partition coefficient (Wildman–Crippen LogP) is 2.19. The van der Waals surface area contributed by atoms with Gasteiger partial charge < -0.3 is 19.3 Å². The Bertz CT molecular complexity index is 286. The van der Waals surface area contributed by atoms with Crippen LogP contribution in [0.2, 0.25) is 25.7 Å². The van der Waals surface area contributed by atoms with Crippen LogP contribution in [0.3, 0.4) is 0 Å². The number of hydrogen-bond acceptors (Lipinski definition) is 5. The molecule has 0 aromatic carbocycles. The third-order valence-corrected chi connectivity index (χ3v) is 4.23. The second-order valence-electron chi connectivity index (χ2n) is 5.70. The molecule has 0 aromatic rings. The summed E-state index contributed by atoms with van der Waals surface area (Å²) in [4.78, 5) is 11.1. The van der Waals surface area contributed by atoms with E-state index >= 15 is 0 Å². The highest BCUT2D eigenvalue weighted by molar-refractivity contribution is 6.76. The second-order valence-corrected chi connectivity index (χ2v) is 11.3. The average molecular weight is 304 g/mol. The normalized spacial score (nSPS) is 13.7. The van der Waals surface area contributed by atoms with Crippen LogP contribution in [-0.2, 0) is 19.0 Å². The number of carbonyl (C=O) groups excluding carboxylic acids is 1. The van der Waals surface area contributed by atoms with Crippen molar-refractivity contribution >= 4 is 14.0 Å². The minimum atomic E-state index is -1.08. The van der Waals surface area contributed by atoms with Crippen LogP contribution in [0.5, 0.6) is 0 Å². The molecule has 0 rings (SSSR count). The van der Waals surface area contributed by atoms with E-state index in [1.807, 2.05) is 0 Å². The van der Waals surface area contributed by atoms with E-state index in [2.05, 4.69) is 19.6 Å². The highest BCUT2D eigenvalue weighted by Gasteiger charge is 2.12. The first-order chi connectivity index (χ1) is 9.39. The van der Waals surface area contributed by atoms with Gasteiger partial charge in [-0.1, -0.05) is 25.7 Å². The topological polar surface area (TPSA) is 65.0 Å². The van der Waals surface area contributed by atoms with Gasteiger partial charge in [-0.3, -0.25) is 0 Å². The summed E-state index contributed by atoms with van der Waals surface area (Å²) in [5.41, 5.74) is 0. The molecule has 6 heteroatoms. The smallest absolute Gasteiger partial charge is 0.330 e. The van der Waals surface area contributed by atoms with E-state index in [0.29, 0.717) is 19.6 Å². The summed E-state index contributed by atoms with van der Waals surface area (Å²) in [6.45, 7) is 9.72. The lowest BCUT2D eigenvalue weighted by Gasteiger charge is -2.17. The Morgan fingerprint density at radius 3 is 2.60 bits per heavy atom. The van der Waals surface area contributed by atoms with Gasteiger partial charge in [0.05, 0.1) is 19.3 Å². The Morgan fingerprint density at radius 2 is 2.05 bits per heavy atom. The second kappa shape index (κ2) is 11.0. The molecule has 0 saturated heterocycles. The summed E-state index contributed by atoms with van der Waals surface area (Å²) < 4.78 is 15.5. The third-order valence-electron chi connectivity index (χ3n) is 2.53. The van der Waals surface area contributed by atoms with Crippen LogP contribution in [0.15, 0.2) is 12.2 Å². The highest BCUT2D eigenvalue weighted by atomic mass is 28.3. The van der Waals surface area contributed by atoms with Crippen LogP contribution in [0.25, 0.3) is 0 Å². The largest absolute Gasteiger partial charge is 0.463 e. The number of hydrogen-bond donors (Lipinski definition) is 1. The van der Waals surface area contributed by atoms with E-state index in [1.54, 1.807) is 13.0 Å². The summed E-state index contributed by atoms with van der Waals surface area (Å²) in [6, 6.07) is 1.09. The first kappa shape index (κ1) is 19.3. The van der Waals surface area contributed by atoms with Gasteiger partial charge in [0.25, 0.3) is 0 Å². The van der Waals surface area contributed by atoms with Crippen LogP contribution in [0.4, 0.5) is 0 Å². The van der Waals surface area contributed by atoms with Crippen molar-refractivity contribution in [3.63, 3.8) is 0 Å². The first-order valence-corrected chi connectivity index (χ1v) is 10.7. The number of ether oxygens (including phenoxy) is 3. The van der Waals surface area contributed by atoms with E-state index in [1.165, 1.54) is 6.08 Å². The lowest BCUT2D eigenvalue weighted by Crippen LogP contribution is -2.23.